The maximum Gasteiger partial charge on any atom is 0.262 e. The Morgan fingerprint density at radius 1 is 1.22 bits per heavy atom. The summed E-state index contributed by atoms with van der Waals surface area (Å²) in [6.45, 7) is 7.05. The second-order valence-electron chi connectivity index (χ2n) is 6.38. The van der Waals surface area contributed by atoms with E-state index in [-0.39, 0.29) is 11.8 Å². The van der Waals surface area contributed by atoms with Crippen molar-refractivity contribution in [3.63, 3.8) is 0 Å². The van der Waals surface area contributed by atoms with Gasteiger partial charge in [0.05, 0.1) is 23.1 Å². The van der Waals surface area contributed by atoms with Crippen molar-refractivity contribution in [2.24, 2.45) is 0 Å². The molecule has 2 heterocycles. The Balaban J connectivity index is 1.86. The van der Waals surface area contributed by atoms with Gasteiger partial charge in [-0.3, -0.25) is 9.59 Å². The van der Waals surface area contributed by atoms with E-state index < -0.39 is 6.04 Å². The lowest BCUT2D eigenvalue weighted by Crippen LogP contribution is -2.44. The van der Waals surface area contributed by atoms with Crippen molar-refractivity contribution in [1.82, 2.24) is 10.6 Å². The van der Waals surface area contributed by atoms with Crippen LogP contribution in [0.1, 0.15) is 23.5 Å². The van der Waals surface area contributed by atoms with Gasteiger partial charge < -0.3 is 20.3 Å². The normalized spacial score (nSPS) is 15.3. The minimum Gasteiger partial charge on any atom is -0.378 e. The first kappa shape index (κ1) is 19.4. The Labute approximate surface area is 163 Å². The predicted molar refractivity (Wildman–Crippen MR) is 108 cm³/mol. The van der Waals surface area contributed by atoms with Gasteiger partial charge in [0.2, 0.25) is 5.91 Å². The van der Waals surface area contributed by atoms with Crippen molar-refractivity contribution in [2.45, 2.75) is 19.9 Å². The number of likely N-dealkylation sites (N-methyl/N-ethyl adjacent to an activating group) is 1. The van der Waals surface area contributed by atoms with Gasteiger partial charge >= 0.3 is 0 Å². The molecular weight excluding hydrogens is 362 g/mol. The molecule has 1 aromatic heterocycles. The second-order valence-corrected chi connectivity index (χ2v) is 7.42. The standard InChI is InChI=1S/C20H25N3O3S/c1-3-21-18(24)14(2)22-19(25)17-13-16(15-7-5-4-6-8-15)20(27-17)23-9-11-26-12-10-23/h4-8,13-14H,3,9-12H2,1-2H3,(H,21,24)(H,22,25). The Hall–Kier alpha value is -2.38. The minimum absolute atomic E-state index is 0.181. The number of rotatable bonds is 6. The lowest BCUT2D eigenvalue weighted by atomic mass is 10.1. The highest BCUT2D eigenvalue weighted by Gasteiger charge is 2.23. The van der Waals surface area contributed by atoms with Gasteiger partial charge in [-0.2, -0.15) is 0 Å². The Kier molecular flexibility index (Phi) is 6.47. The van der Waals surface area contributed by atoms with E-state index in [4.69, 9.17) is 4.74 Å². The summed E-state index contributed by atoms with van der Waals surface area (Å²) in [4.78, 5) is 27.5. The molecule has 0 saturated carbocycles. The van der Waals surface area contributed by atoms with Crippen LogP contribution in [0.2, 0.25) is 0 Å². The van der Waals surface area contributed by atoms with Gasteiger partial charge in [0.15, 0.2) is 0 Å². The van der Waals surface area contributed by atoms with E-state index in [9.17, 15) is 9.59 Å². The van der Waals surface area contributed by atoms with Crippen LogP contribution in [0.5, 0.6) is 0 Å². The first-order valence-electron chi connectivity index (χ1n) is 9.20. The van der Waals surface area contributed by atoms with Gasteiger partial charge in [-0.05, 0) is 25.5 Å². The Morgan fingerprint density at radius 3 is 2.59 bits per heavy atom. The van der Waals surface area contributed by atoms with Crippen LogP contribution in [0.25, 0.3) is 11.1 Å². The summed E-state index contributed by atoms with van der Waals surface area (Å²) in [5, 5.41) is 6.59. The van der Waals surface area contributed by atoms with Gasteiger partial charge in [-0.15, -0.1) is 11.3 Å². The quantitative estimate of drug-likeness (QED) is 0.799. The van der Waals surface area contributed by atoms with Crippen LogP contribution in [0.4, 0.5) is 5.00 Å². The van der Waals surface area contributed by atoms with Crippen molar-refractivity contribution in [1.29, 1.82) is 0 Å². The first-order valence-corrected chi connectivity index (χ1v) is 10.0. The molecule has 2 amide bonds. The number of ether oxygens (including phenoxy) is 1. The van der Waals surface area contributed by atoms with Crippen LogP contribution in [0, 0.1) is 0 Å². The fraction of sp³-hybridized carbons (Fsp3) is 0.400. The highest BCUT2D eigenvalue weighted by molar-refractivity contribution is 7.18. The number of carbonyl (C=O) groups is 2. The highest BCUT2D eigenvalue weighted by Crippen LogP contribution is 2.39. The summed E-state index contributed by atoms with van der Waals surface area (Å²) in [6, 6.07) is 11.4. The number of hydrogen-bond donors (Lipinski definition) is 2. The number of nitrogens with one attached hydrogen (secondary N) is 2. The van der Waals surface area contributed by atoms with Gasteiger partial charge in [0.1, 0.15) is 6.04 Å². The van der Waals surface area contributed by atoms with E-state index in [0.29, 0.717) is 24.6 Å². The SMILES string of the molecule is CCNC(=O)C(C)NC(=O)c1cc(-c2ccccc2)c(N2CCOCC2)s1. The average molecular weight is 388 g/mol. The molecule has 2 aromatic rings. The number of nitrogens with zero attached hydrogens (tertiary/aromatic N) is 1. The van der Waals surface area contributed by atoms with Crippen LogP contribution < -0.4 is 15.5 Å². The molecule has 1 unspecified atom stereocenters. The number of amides is 2. The smallest absolute Gasteiger partial charge is 0.262 e. The van der Waals surface area contributed by atoms with Crippen molar-refractivity contribution < 1.29 is 14.3 Å². The number of benzene rings is 1. The monoisotopic (exact) mass is 387 g/mol. The number of morpholine rings is 1. The summed E-state index contributed by atoms with van der Waals surface area (Å²) in [5.74, 6) is -0.408. The van der Waals surface area contributed by atoms with Gasteiger partial charge in [0, 0.05) is 25.2 Å². The van der Waals surface area contributed by atoms with Gasteiger partial charge in [-0.1, -0.05) is 30.3 Å². The van der Waals surface area contributed by atoms with E-state index in [2.05, 4.69) is 15.5 Å². The van der Waals surface area contributed by atoms with Crippen LogP contribution >= 0.6 is 11.3 Å². The molecule has 144 valence electrons. The molecule has 1 aliphatic rings. The summed E-state index contributed by atoms with van der Waals surface area (Å²) in [5.41, 5.74) is 2.12. The van der Waals surface area contributed by atoms with Crippen LogP contribution in [0.3, 0.4) is 0 Å². The maximum absolute atomic E-state index is 12.7. The van der Waals surface area contributed by atoms with Gasteiger partial charge in [0.25, 0.3) is 5.91 Å². The molecule has 7 heteroatoms. The molecule has 6 nitrogen and oxygen atoms in total. The number of anilines is 1. The van der Waals surface area contributed by atoms with E-state index in [0.717, 1.165) is 29.2 Å². The minimum atomic E-state index is -0.577. The molecule has 1 aromatic carbocycles. The third kappa shape index (κ3) is 4.67. The number of hydrogen-bond acceptors (Lipinski definition) is 5. The van der Waals surface area contributed by atoms with Crippen molar-refractivity contribution in [3.05, 3.63) is 41.3 Å². The summed E-state index contributed by atoms with van der Waals surface area (Å²) >= 11 is 1.46. The fourth-order valence-electron chi connectivity index (χ4n) is 2.98. The Morgan fingerprint density at radius 2 is 1.93 bits per heavy atom. The van der Waals surface area contributed by atoms with E-state index in [1.54, 1.807) is 6.92 Å². The summed E-state index contributed by atoms with van der Waals surface area (Å²) in [7, 11) is 0. The Bertz CT molecular complexity index is 785. The fourth-order valence-corrected chi connectivity index (χ4v) is 4.11. The second kappa shape index (κ2) is 9.01. The van der Waals surface area contributed by atoms with Crippen molar-refractivity contribution >= 4 is 28.2 Å². The van der Waals surface area contributed by atoms with E-state index >= 15 is 0 Å². The van der Waals surface area contributed by atoms with Crippen LogP contribution in [-0.2, 0) is 9.53 Å². The third-order valence-electron chi connectivity index (χ3n) is 4.41. The maximum atomic E-state index is 12.7. The summed E-state index contributed by atoms with van der Waals surface area (Å²) < 4.78 is 5.46. The van der Waals surface area contributed by atoms with Crippen LogP contribution in [0.15, 0.2) is 36.4 Å². The molecule has 2 N–H and O–H groups in total. The van der Waals surface area contributed by atoms with E-state index in [1.807, 2.05) is 43.3 Å². The molecular formula is C20H25N3O3S. The zero-order chi connectivity index (χ0) is 19.2. The zero-order valence-corrected chi connectivity index (χ0v) is 16.5. The number of carbonyl (C=O) groups excluding carboxylic acids is 2. The average Bonchev–Trinajstić information content (AvgIpc) is 3.15. The topological polar surface area (TPSA) is 70.7 Å². The van der Waals surface area contributed by atoms with Crippen molar-refractivity contribution in [3.8, 4) is 11.1 Å². The molecule has 1 saturated heterocycles. The highest BCUT2D eigenvalue weighted by atomic mass is 32.1. The van der Waals surface area contributed by atoms with Crippen molar-refractivity contribution in [2.75, 3.05) is 37.7 Å². The molecule has 0 radical (unpaired) electrons. The summed E-state index contributed by atoms with van der Waals surface area (Å²) in [6.07, 6.45) is 0. The van der Waals surface area contributed by atoms with Crippen LogP contribution in [-0.4, -0.2) is 50.7 Å². The molecule has 1 fully saturated rings. The largest absolute Gasteiger partial charge is 0.378 e. The number of thiophene rings is 1. The lowest BCUT2D eigenvalue weighted by Gasteiger charge is -2.28. The van der Waals surface area contributed by atoms with E-state index in [1.165, 1.54) is 11.3 Å². The third-order valence-corrected chi connectivity index (χ3v) is 5.61. The molecule has 0 aliphatic carbocycles. The molecule has 0 bridgehead atoms. The van der Waals surface area contributed by atoms with Gasteiger partial charge in [-0.25, -0.2) is 0 Å². The molecule has 1 atom stereocenters. The molecule has 3 rings (SSSR count). The first-order chi connectivity index (χ1) is 13.1. The molecule has 1 aliphatic heterocycles. The predicted octanol–water partition coefficient (Wildman–Crippen LogP) is 2.51. The molecule has 0 spiro atoms. The molecule has 27 heavy (non-hydrogen) atoms. The zero-order valence-electron chi connectivity index (χ0n) is 15.7. The lowest BCUT2D eigenvalue weighted by molar-refractivity contribution is -0.122.